The highest BCUT2D eigenvalue weighted by Gasteiger charge is 2.41. The molecule has 4 aromatic carbocycles. The first-order valence-corrected chi connectivity index (χ1v) is 14.7. The first-order chi connectivity index (χ1) is 19.2. The number of rotatable bonds is 9. The summed E-state index contributed by atoms with van der Waals surface area (Å²) in [4.78, 5) is 12.7. The molecule has 0 amide bonds. The Morgan fingerprint density at radius 2 is 1.44 bits per heavy atom. The zero-order chi connectivity index (χ0) is 26.5. The van der Waals surface area contributed by atoms with Crippen LogP contribution in [0.5, 0.6) is 11.5 Å². The van der Waals surface area contributed by atoms with Gasteiger partial charge in [-0.2, -0.15) is 0 Å². The van der Waals surface area contributed by atoms with Crippen molar-refractivity contribution in [1.82, 2.24) is 15.0 Å². The zero-order valence-corrected chi connectivity index (χ0v) is 22.3. The SMILES string of the molecule is O=P(Oc1ccccc1)(Oc1ccccc1)C(Nc1ccc2scnc2c1)c1cccc(-c2cncnc2)c1. The molecule has 0 aliphatic rings. The van der Waals surface area contributed by atoms with Gasteiger partial charge < -0.3 is 14.4 Å². The third-order valence-corrected chi connectivity index (χ3v) is 8.80. The van der Waals surface area contributed by atoms with Gasteiger partial charge in [-0.25, -0.2) is 19.5 Å². The fraction of sp³-hybridized carbons (Fsp3) is 0.0333. The normalized spacial score (nSPS) is 12.1. The van der Waals surface area contributed by atoms with Gasteiger partial charge in [0.15, 0.2) is 5.78 Å². The lowest BCUT2D eigenvalue weighted by Crippen LogP contribution is -2.18. The molecule has 0 saturated carbocycles. The summed E-state index contributed by atoms with van der Waals surface area (Å²) < 4.78 is 28.5. The monoisotopic (exact) mass is 550 g/mol. The largest absolute Gasteiger partial charge is 0.457 e. The molecule has 0 saturated heterocycles. The number of hydrogen-bond acceptors (Lipinski definition) is 8. The standard InChI is InChI=1S/C30H23N4O3PS/c35-38(36-26-10-3-1-4-11-26,37-27-12-5-2-6-13-27)30(34-25-14-15-29-28(17-25)33-21-39-29)23-9-7-8-22(16-23)24-18-31-20-32-19-24/h1-21,30,34H. The Labute approximate surface area is 229 Å². The average molecular weight is 551 g/mol. The molecule has 0 spiro atoms. The summed E-state index contributed by atoms with van der Waals surface area (Å²) in [5, 5.41) is 3.46. The molecule has 1 atom stereocenters. The highest BCUT2D eigenvalue weighted by Crippen LogP contribution is 2.60. The molecule has 192 valence electrons. The van der Waals surface area contributed by atoms with Crippen LogP contribution in [-0.2, 0) is 4.57 Å². The van der Waals surface area contributed by atoms with Gasteiger partial charge in [0.1, 0.15) is 17.8 Å². The molecule has 0 bridgehead atoms. The van der Waals surface area contributed by atoms with Crippen LogP contribution in [0.4, 0.5) is 5.69 Å². The lowest BCUT2D eigenvalue weighted by atomic mass is 10.1. The van der Waals surface area contributed by atoms with Crippen molar-refractivity contribution < 1.29 is 13.6 Å². The molecular formula is C30H23N4O3PS. The number of para-hydroxylation sites is 2. The Bertz CT molecular complexity index is 1690. The third kappa shape index (κ3) is 5.67. The number of nitrogens with zero attached hydrogens (tertiary/aromatic N) is 3. The smallest absolute Gasteiger partial charge is 0.414 e. The molecule has 6 aromatic rings. The fourth-order valence-electron chi connectivity index (χ4n) is 4.17. The minimum absolute atomic E-state index is 0.436. The van der Waals surface area contributed by atoms with E-state index < -0.39 is 13.4 Å². The summed E-state index contributed by atoms with van der Waals surface area (Å²) in [7, 11) is -3.98. The minimum Gasteiger partial charge on any atom is -0.414 e. The Hall–Kier alpha value is -4.52. The molecule has 6 rings (SSSR count). The summed E-state index contributed by atoms with van der Waals surface area (Å²) in [6.07, 6.45) is 4.97. The number of anilines is 1. The summed E-state index contributed by atoms with van der Waals surface area (Å²) in [5.74, 6) is -0.00385. The second-order valence-electron chi connectivity index (χ2n) is 8.68. The molecule has 0 radical (unpaired) electrons. The number of benzene rings is 4. The topological polar surface area (TPSA) is 86.2 Å². The van der Waals surface area contributed by atoms with E-state index in [2.05, 4.69) is 20.3 Å². The van der Waals surface area contributed by atoms with Crippen LogP contribution in [0.1, 0.15) is 11.3 Å². The lowest BCUT2D eigenvalue weighted by molar-refractivity contribution is 0.376. The number of fused-ring (bicyclic) bond motifs is 1. The van der Waals surface area contributed by atoms with E-state index in [0.29, 0.717) is 17.1 Å². The summed E-state index contributed by atoms with van der Waals surface area (Å²) in [6.45, 7) is 0. The average Bonchev–Trinajstić information content (AvgIpc) is 3.45. The predicted molar refractivity (Wildman–Crippen MR) is 155 cm³/mol. The van der Waals surface area contributed by atoms with Gasteiger partial charge in [0.2, 0.25) is 0 Å². The van der Waals surface area contributed by atoms with Gasteiger partial charge >= 0.3 is 7.60 Å². The Balaban J connectivity index is 1.48. The maximum Gasteiger partial charge on any atom is 0.457 e. The summed E-state index contributed by atoms with van der Waals surface area (Å²) in [6, 6.07) is 31.7. The van der Waals surface area contributed by atoms with Gasteiger partial charge in [-0.1, -0.05) is 54.6 Å². The molecule has 1 unspecified atom stereocenters. The molecule has 0 aliphatic carbocycles. The molecule has 0 fully saturated rings. The van der Waals surface area contributed by atoms with Gasteiger partial charge in [0.05, 0.1) is 15.7 Å². The van der Waals surface area contributed by atoms with Crippen molar-refractivity contribution in [3.05, 3.63) is 133 Å². The van der Waals surface area contributed by atoms with E-state index in [4.69, 9.17) is 9.05 Å². The maximum absolute atomic E-state index is 15.0. The first-order valence-electron chi connectivity index (χ1n) is 12.2. The van der Waals surface area contributed by atoms with E-state index in [-0.39, 0.29) is 0 Å². The fourth-order valence-corrected chi connectivity index (χ4v) is 6.74. The number of thiazole rings is 1. The van der Waals surface area contributed by atoms with Gasteiger partial charge in [0.25, 0.3) is 0 Å². The van der Waals surface area contributed by atoms with Crippen LogP contribution in [0, 0.1) is 0 Å². The highest BCUT2D eigenvalue weighted by molar-refractivity contribution is 7.55. The van der Waals surface area contributed by atoms with Crippen molar-refractivity contribution >= 4 is 34.8 Å². The lowest BCUT2D eigenvalue weighted by Gasteiger charge is -2.29. The summed E-state index contributed by atoms with van der Waals surface area (Å²) >= 11 is 1.57. The van der Waals surface area contributed by atoms with Crippen molar-refractivity contribution in [2.24, 2.45) is 0 Å². The summed E-state index contributed by atoms with van der Waals surface area (Å²) in [5.41, 5.74) is 5.82. The van der Waals surface area contributed by atoms with Crippen LogP contribution < -0.4 is 14.4 Å². The quantitative estimate of drug-likeness (QED) is 0.182. The van der Waals surface area contributed by atoms with Crippen LogP contribution in [0.25, 0.3) is 21.3 Å². The Morgan fingerprint density at radius 3 is 2.13 bits per heavy atom. The molecular weight excluding hydrogens is 527 g/mol. The first kappa shape index (κ1) is 24.8. The maximum atomic E-state index is 15.0. The van der Waals surface area contributed by atoms with Gasteiger partial charge in [-0.3, -0.25) is 0 Å². The molecule has 7 nitrogen and oxygen atoms in total. The van der Waals surface area contributed by atoms with Crippen LogP contribution in [0.15, 0.2) is 127 Å². The highest BCUT2D eigenvalue weighted by atomic mass is 32.1. The van der Waals surface area contributed by atoms with E-state index in [9.17, 15) is 4.57 Å². The van der Waals surface area contributed by atoms with Crippen LogP contribution in [-0.4, -0.2) is 15.0 Å². The van der Waals surface area contributed by atoms with Gasteiger partial charge in [0, 0.05) is 23.6 Å². The number of hydrogen-bond donors (Lipinski definition) is 1. The number of nitrogens with one attached hydrogen (secondary N) is 1. The van der Waals surface area contributed by atoms with Crippen molar-refractivity contribution in [2.75, 3.05) is 5.32 Å². The zero-order valence-electron chi connectivity index (χ0n) is 20.6. The van der Waals surface area contributed by atoms with Crippen molar-refractivity contribution in [3.63, 3.8) is 0 Å². The molecule has 2 aromatic heterocycles. The van der Waals surface area contributed by atoms with E-state index >= 15 is 0 Å². The second-order valence-corrected chi connectivity index (χ2v) is 11.5. The van der Waals surface area contributed by atoms with Gasteiger partial charge in [-0.15, -0.1) is 11.3 Å². The van der Waals surface area contributed by atoms with E-state index in [0.717, 1.165) is 27.0 Å². The van der Waals surface area contributed by atoms with E-state index in [1.165, 1.54) is 6.33 Å². The molecule has 9 heteroatoms. The minimum atomic E-state index is -3.98. The molecule has 2 heterocycles. The molecule has 39 heavy (non-hydrogen) atoms. The van der Waals surface area contributed by atoms with Crippen molar-refractivity contribution in [3.8, 4) is 22.6 Å². The predicted octanol–water partition coefficient (Wildman–Crippen LogP) is 8.22. The molecule has 0 aliphatic heterocycles. The Morgan fingerprint density at radius 1 is 0.744 bits per heavy atom. The van der Waals surface area contributed by atoms with Crippen LogP contribution >= 0.6 is 18.9 Å². The third-order valence-electron chi connectivity index (χ3n) is 6.00. The van der Waals surface area contributed by atoms with Crippen molar-refractivity contribution in [1.29, 1.82) is 0 Å². The van der Waals surface area contributed by atoms with Crippen molar-refractivity contribution in [2.45, 2.75) is 5.78 Å². The number of aromatic nitrogens is 3. The Kier molecular flexibility index (Phi) is 7.04. The van der Waals surface area contributed by atoms with Gasteiger partial charge in [-0.05, 0) is 59.7 Å². The van der Waals surface area contributed by atoms with Crippen LogP contribution in [0.2, 0.25) is 0 Å². The van der Waals surface area contributed by atoms with E-state index in [1.54, 1.807) is 53.5 Å². The molecule has 1 N–H and O–H groups in total. The second kappa shape index (κ2) is 11.1. The van der Waals surface area contributed by atoms with E-state index in [1.807, 2.05) is 78.9 Å². The van der Waals surface area contributed by atoms with Crippen LogP contribution in [0.3, 0.4) is 0 Å².